The molecule has 0 saturated heterocycles. The van der Waals surface area contributed by atoms with Crippen LogP contribution in [0.5, 0.6) is 0 Å². The van der Waals surface area contributed by atoms with Crippen LogP contribution in [0.2, 0.25) is 0 Å². The van der Waals surface area contributed by atoms with E-state index in [1.165, 1.54) is 0 Å². The second-order valence-corrected chi connectivity index (χ2v) is 5.37. The molecule has 0 spiro atoms. The fourth-order valence-corrected chi connectivity index (χ4v) is 2.15. The van der Waals surface area contributed by atoms with Crippen LogP contribution in [0.25, 0.3) is 0 Å². The summed E-state index contributed by atoms with van der Waals surface area (Å²) >= 11 is 0. The lowest BCUT2D eigenvalue weighted by Crippen LogP contribution is -2.10. The molecule has 0 saturated carbocycles. The molecule has 0 aliphatic heterocycles. The van der Waals surface area contributed by atoms with Gasteiger partial charge in [0.05, 0.1) is 12.2 Å². The number of hydrogen-bond donors (Lipinski definition) is 0. The molecule has 0 fully saturated rings. The van der Waals surface area contributed by atoms with Crippen LogP contribution >= 0.6 is 9.47 Å². The minimum atomic E-state index is -0.150. The summed E-state index contributed by atoms with van der Waals surface area (Å²) in [6, 6.07) is 0. The normalized spacial score (nSPS) is 18.9. The largest absolute Gasteiger partial charge is 0.463 e. The summed E-state index contributed by atoms with van der Waals surface area (Å²) in [5.74, 6) is 0.00475. The molecule has 112 valence electrons. The van der Waals surface area contributed by atoms with E-state index in [9.17, 15) is 9.59 Å². The highest BCUT2D eigenvalue weighted by Crippen LogP contribution is 2.22. The maximum atomic E-state index is 11.6. The molecule has 4 nitrogen and oxygen atoms in total. The van der Waals surface area contributed by atoms with E-state index < -0.39 is 0 Å². The van der Waals surface area contributed by atoms with Gasteiger partial charge in [0.2, 0.25) is 0 Å². The molecule has 1 aliphatic carbocycles. The number of rotatable bonds is 8. The van der Waals surface area contributed by atoms with Gasteiger partial charge in [-0.3, -0.25) is 9.59 Å². The van der Waals surface area contributed by atoms with Crippen molar-refractivity contribution in [2.75, 3.05) is 0 Å². The molecule has 20 heavy (non-hydrogen) atoms. The van der Waals surface area contributed by atoms with Gasteiger partial charge < -0.3 is 9.26 Å². The van der Waals surface area contributed by atoms with Crippen LogP contribution in [0, 0.1) is 0 Å². The predicted molar refractivity (Wildman–Crippen MR) is 81.1 cm³/mol. The minimum Gasteiger partial charge on any atom is -0.463 e. The maximum absolute atomic E-state index is 11.6. The van der Waals surface area contributed by atoms with Crippen molar-refractivity contribution in [1.82, 2.24) is 0 Å². The van der Waals surface area contributed by atoms with E-state index in [0.717, 1.165) is 18.4 Å². The van der Waals surface area contributed by atoms with E-state index >= 15 is 0 Å². The first-order valence-electron chi connectivity index (χ1n) is 6.96. The Hall–Kier alpha value is -0.990. The lowest BCUT2D eigenvalue weighted by Gasteiger charge is -2.06. The fourth-order valence-electron chi connectivity index (χ4n) is 1.97. The molecule has 0 heterocycles. The molecule has 0 amide bonds. The summed E-state index contributed by atoms with van der Waals surface area (Å²) in [6.07, 6.45) is 8.81. The molecule has 1 aliphatic rings. The summed E-state index contributed by atoms with van der Waals surface area (Å²) in [5.41, 5.74) is 0.813. The minimum absolute atomic E-state index is 0.0507. The number of unbranched alkanes of at least 4 members (excludes halogenated alkanes) is 1. The first-order valence-corrected chi connectivity index (χ1v) is 7.44. The molecule has 0 bridgehead atoms. The molecular formula is C15H23O4P. The highest BCUT2D eigenvalue weighted by molar-refractivity contribution is 7.09. The number of ether oxygens (including phenoxy) is 1. The summed E-state index contributed by atoms with van der Waals surface area (Å²) in [5, 5.41) is 0. The van der Waals surface area contributed by atoms with Crippen molar-refractivity contribution in [2.24, 2.45) is 0 Å². The van der Waals surface area contributed by atoms with Crippen molar-refractivity contribution >= 4 is 21.2 Å². The van der Waals surface area contributed by atoms with E-state index in [2.05, 4.69) is 9.47 Å². The van der Waals surface area contributed by atoms with Gasteiger partial charge in [0, 0.05) is 22.3 Å². The Labute approximate surface area is 122 Å². The van der Waals surface area contributed by atoms with Crippen LogP contribution in [-0.2, 0) is 18.8 Å². The molecule has 0 radical (unpaired) electrons. The van der Waals surface area contributed by atoms with E-state index in [0.29, 0.717) is 19.3 Å². The van der Waals surface area contributed by atoms with Gasteiger partial charge in [0.15, 0.2) is 5.78 Å². The van der Waals surface area contributed by atoms with Crippen LogP contribution in [0.1, 0.15) is 46.0 Å². The summed E-state index contributed by atoms with van der Waals surface area (Å²) < 4.78 is 10.1. The quantitative estimate of drug-likeness (QED) is 0.299. The molecule has 5 heteroatoms. The Balaban J connectivity index is 2.17. The average molecular weight is 298 g/mol. The van der Waals surface area contributed by atoms with E-state index in [4.69, 9.17) is 9.26 Å². The van der Waals surface area contributed by atoms with Crippen LogP contribution in [-0.4, -0.2) is 24.0 Å². The number of carbonyl (C=O) groups excluding carboxylic acids is 2. The predicted octanol–water partition coefficient (Wildman–Crippen LogP) is 3.13. The summed E-state index contributed by atoms with van der Waals surface area (Å²) in [7, 11) is 2.19. The van der Waals surface area contributed by atoms with E-state index in [1.807, 2.05) is 32.1 Å². The van der Waals surface area contributed by atoms with Crippen LogP contribution in [0.15, 0.2) is 23.8 Å². The number of carbonyl (C=O) groups is 2. The lowest BCUT2D eigenvalue weighted by atomic mass is 10.1. The molecule has 1 rings (SSSR count). The zero-order valence-electron chi connectivity index (χ0n) is 12.1. The number of allylic oxidation sites excluding steroid dienone is 3. The number of Topliss-reactive ketones (excluding diaryl/α,β-unsaturated/α-hetero) is 1. The highest BCUT2D eigenvalue weighted by Gasteiger charge is 2.22. The van der Waals surface area contributed by atoms with E-state index in [1.54, 1.807) is 0 Å². The standard InChI is InChI=1S/C15H23O4P/c1-11(2)18-15(17)8-6-4-3-5-7-12-9-13(19-20)10-14(12)16/h3,5,9,11,13H,4,6-8,10,20H2,1-2H3/b5-3-/t13-/m0/s1. The van der Waals surface area contributed by atoms with Gasteiger partial charge >= 0.3 is 5.97 Å². The van der Waals surface area contributed by atoms with Crippen LogP contribution in [0.4, 0.5) is 0 Å². The Kier molecular flexibility index (Phi) is 7.71. The average Bonchev–Trinajstić information content (AvgIpc) is 2.73. The van der Waals surface area contributed by atoms with E-state index in [-0.39, 0.29) is 24.0 Å². The van der Waals surface area contributed by atoms with Gasteiger partial charge in [0.1, 0.15) is 0 Å². The molecule has 2 atom stereocenters. The third-order valence-corrected chi connectivity index (χ3v) is 3.28. The van der Waals surface area contributed by atoms with Gasteiger partial charge in [-0.25, -0.2) is 0 Å². The zero-order chi connectivity index (χ0) is 15.0. The number of esters is 1. The van der Waals surface area contributed by atoms with Crippen molar-refractivity contribution in [3.63, 3.8) is 0 Å². The van der Waals surface area contributed by atoms with Gasteiger partial charge in [-0.05, 0) is 44.8 Å². The van der Waals surface area contributed by atoms with Crippen molar-refractivity contribution in [1.29, 1.82) is 0 Å². The molecule has 0 aromatic rings. The number of ketones is 1. The van der Waals surface area contributed by atoms with Crippen molar-refractivity contribution in [2.45, 2.75) is 58.2 Å². The second kappa shape index (κ2) is 9.04. The zero-order valence-corrected chi connectivity index (χ0v) is 13.3. The van der Waals surface area contributed by atoms with Gasteiger partial charge in [0.25, 0.3) is 0 Å². The molecule has 0 N–H and O–H groups in total. The van der Waals surface area contributed by atoms with Crippen LogP contribution in [0.3, 0.4) is 0 Å². The van der Waals surface area contributed by atoms with Crippen LogP contribution < -0.4 is 0 Å². The first kappa shape index (κ1) is 17.1. The summed E-state index contributed by atoms with van der Waals surface area (Å²) in [6.45, 7) is 3.69. The third kappa shape index (κ3) is 6.44. The molecule has 0 aromatic heterocycles. The van der Waals surface area contributed by atoms with Gasteiger partial charge in [-0.15, -0.1) is 0 Å². The lowest BCUT2D eigenvalue weighted by molar-refractivity contribution is -0.147. The highest BCUT2D eigenvalue weighted by atomic mass is 31.0. The molecular weight excluding hydrogens is 275 g/mol. The second-order valence-electron chi connectivity index (χ2n) is 5.10. The first-order chi connectivity index (χ1) is 9.52. The Morgan fingerprint density at radius 2 is 2.25 bits per heavy atom. The topological polar surface area (TPSA) is 52.6 Å². The Bertz CT molecular complexity index is 399. The Morgan fingerprint density at radius 1 is 1.50 bits per heavy atom. The number of hydrogen-bond acceptors (Lipinski definition) is 4. The summed E-state index contributed by atoms with van der Waals surface area (Å²) in [4.78, 5) is 22.9. The molecule has 0 aromatic carbocycles. The van der Waals surface area contributed by atoms with Gasteiger partial charge in [-0.1, -0.05) is 12.2 Å². The van der Waals surface area contributed by atoms with Crippen molar-refractivity contribution in [3.05, 3.63) is 23.8 Å². The fraction of sp³-hybridized carbons (Fsp3) is 0.600. The smallest absolute Gasteiger partial charge is 0.306 e. The third-order valence-electron chi connectivity index (χ3n) is 2.93. The Morgan fingerprint density at radius 3 is 2.85 bits per heavy atom. The van der Waals surface area contributed by atoms with Gasteiger partial charge in [-0.2, -0.15) is 0 Å². The van der Waals surface area contributed by atoms with Crippen molar-refractivity contribution < 1.29 is 18.8 Å². The molecule has 1 unspecified atom stereocenters. The monoisotopic (exact) mass is 298 g/mol. The maximum Gasteiger partial charge on any atom is 0.306 e. The van der Waals surface area contributed by atoms with Crippen molar-refractivity contribution in [3.8, 4) is 0 Å². The SMILES string of the molecule is CC(C)OC(=O)CCC/C=C\CC1=C[C@H](OP)CC1=O.